The van der Waals surface area contributed by atoms with Gasteiger partial charge in [0, 0.05) is 54.7 Å². The van der Waals surface area contributed by atoms with E-state index in [1.54, 1.807) is 31.5 Å². The van der Waals surface area contributed by atoms with Crippen molar-refractivity contribution in [2.24, 2.45) is 13.0 Å². The van der Waals surface area contributed by atoms with Crippen LogP contribution in [-0.2, 0) is 63.8 Å². The molecule has 0 bridgehead atoms. The molecule has 3 aliphatic rings. The van der Waals surface area contributed by atoms with E-state index >= 15 is 8.78 Å². The maximum Gasteiger partial charge on any atom is 0.435 e. The first kappa shape index (κ1) is 42.3. The third-order valence-electron chi connectivity index (χ3n) is 11.2. The minimum atomic E-state index is -5.09. The van der Waals surface area contributed by atoms with E-state index < -0.39 is 93.1 Å². The van der Waals surface area contributed by atoms with Crippen molar-refractivity contribution in [2.75, 3.05) is 17.6 Å². The number of sulfonamides is 1. The smallest absolute Gasteiger partial charge is 0.353 e. The summed E-state index contributed by atoms with van der Waals surface area (Å²) in [5.41, 5.74) is -3.40. The Bertz CT molecular complexity index is 3050. The van der Waals surface area contributed by atoms with E-state index in [4.69, 9.17) is 21.3 Å². The highest BCUT2D eigenvalue weighted by Gasteiger charge is 2.68. The van der Waals surface area contributed by atoms with Crippen LogP contribution in [0.4, 0.5) is 36.6 Å². The number of ether oxygens (including phenoxy) is 1. The molecule has 13 nitrogen and oxygen atoms in total. The Morgan fingerprint density at radius 2 is 1.83 bits per heavy atom. The van der Waals surface area contributed by atoms with Crippen LogP contribution in [0.5, 0.6) is 0 Å². The summed E-state index contributed by atoms with van der Waals surface area (Å²) in [6, 6.07) is 7.38. The summed E-state index contributed by atoms with van der Waals surface area (Å²) in [5.74, 6) is -2.66. The molecule has 1 amide bonds. The van der Waals surface area contributed by atoms with E-state index in [-0.39, 0.29) is 50.7 Å². The van der Waals surface area contributed by atoms with Crippen molar-refractivity contribution in [3.05, 3.63) is 111 Å². The average Bonchev–Trinajstić information content (AvgIpc) is 3.40. The number of carbonyl (C=O) groups is 1. The molecule has 328 valence electrons. The summed E-state index contributed by atoms with van der Waals surface area (Å²) >= 11 is 6.63. The highest BCUT2D eigenvalue weighted by Crippen LogP contribution is 2.68. The zero-order valence-electron chi connectivity index (χ0n) is 33.2. The van der Waals surface area contributed by atoms with Crippen LogP contribution in [0.1, 0.15) is 65.0 Å². The quantitative estimate of drug-likeness (QED) is 0.117. The van der Waals surface area contributed by atoms with Crippen molar-refractivity contribution in [1.29, 1.82) is 0 Å². The molecule has 1 unspecified atom stereocenters. The van der Waals surface area contributed by atoms with Gasteiger partial charge in [-0.2, -0.15) is 32.1 Å². The minimum Gasteiger partial charge on any atom is -0.353 e. The van der Waals surface area contributed by atoms with Gasteiger partial charge in [-0.1, -0.05) is 23.6 Å². The van der Waals surface area contributed by atoms with Gasteiger partial charge in [0.05, 0.1) is 40.5 Å². The predicted octanol–water partition coefficient (Wildman–Crippen LogP) is 6.96. The Kier molecular flexibility index (Phi) is 9.95. The molecule has 1 fully saturated rings. The van der Waals surface area contributed by atoms with Gasteiger partial charge in [0.2, 0.25) is 15.9 Å². The molecule has 1 aliphatic heterocycles. The normalized spacial score (nSPS) is 20.4. The lowest BCUT2D eigenvalue weighted by Gasteiger charge is -2.29. The number of nitrogens with one attached hydrogen (secondary N) is 2. The number of nitrogens with zero attached hydrogens (tertiary/aromatic N) is 7. The molecular formula is C41H33ClF7N9O4S. The van der Waals surface area contributed by atoms with E-state index in [1.165, 1.54) is 23.9 Å². The maximum atomic E-state index is 15.5. The van der Waals surface area contributed by atoms with Crippen LogP contribution in [-0.4, -0.2) is 61.3 Å². The number of aryl methyl sites for hydroxylation is 1. The van der Waals surface area contributed by atoms with Crippen LogP contribution in [0.15, 0.2) is 54.9 Å². The van der Waals surface area contributed by atoms with Crippen molar-refractivity contribution in [1.82, 2.24) is 39.4 Å². The molecule has 4 aromatic heterocycles. The van der Waals surface area contributed by atoms with E-state index in [2.05, 4.69) is 37.1 Å². The maximum absolute atomic E-state index is 15.5. The van der Waals surface area contributed by atoms with Gasteiger partial charge in [-0.3, -0.25) is 18.9 Å². The fourth-order valence-electron chi connectivity index (χ4n) is 8.62. The minimum absolute atomic E-state index is 0.00405. The highest BCUT2D eigenvalue weighted by atomic mass is 35.5. The zero-order valence-corrected chi connectivity index (χ0v) is 34.7. The lowest BCUT2D eigenvalue weighted by molar-refractivity contribution is -0.142. The number of fused-ring (bicyclic) bond motifs is 5. The summed E-state index contributed by atoms with van der Waals surface area (Å²) in [7, 11) is -2.35. The number of alkyl halides is 5. The lowest BCUT2D eigenvalue weighted by Crippen LogP contribution is -2.35. The molecule has 0 radical (unpaired) electrons. The Morgan fingerprint density at radius 1 is 1.10 bits per heavy atom. The second kappa shape index (κ2) is 14.8. The second-order valence-corrected chi connectivity index (χ2v) is 18.0. The number of amides is 1. The number of halogens is 8. The van der Waals surface area contributed by atoms with E-state index in [0.717, 1.165) is 18.4 Å². The molecule has 6 aromatic rings. The van der Waals surface area contributed by atoms with Gasteiger partial charge in [0.25, 0.3) is 5.92 Å². The third kappa shape index (κ3) is 7.67. The van der Waals surface area contributed by atoms with Crippen LogP contribution in [0.3, 0.4) is 0 Å². The number of aromatic nitrogens is 7. The first-order valence-electron chi connectivity index (χ1n) is 19.2. The number of imidazole rings is 1. The topological polar surface area (TPSA) is 151 Å². The largest absolute Gasteiger partial charge is 0.435 e. The average molecular weight is 916 g/mol. The molecule has 2 N–H and O–H groups in total. The monoisotopic (exact) mass is 915 g/mol. The number of hydrogen-bond acceptors (Lipinski definition) is 8. The molecule has 2 aromatic carbocycles. The summed E-state index contributed by atoms with van der Waals surface area (Å²) in [5, 5.41) is 10.8. The second-order valence-electron chi connectivity index (χ2n) is 15.8. The summed E-state index contributed by atoms with van der Waals surface area (Å²) in [6.07, 6.45) is -1.34. The van der Waals surface area contributed by atoms with Gasteiger partial charge in [0.15, 0.2) is 22.9 Å². The molecule has 0 spiro atoms. The molecule has 1 saturated carbocycles. The van der Waals surface area contributed by atoms with Gasteiger partial charge in [-0.25, -0.2) is 27.2 Å². The molecule has 5 heterocycles. The fourth-order valence-corrected chi connectivity index (χ4v) is 9.36. The van der Waals surface area contributed by atoms with Gasteiger partial charge in [0.1, 0.15) is 29.6 Å². The summed E-state index contributed by atoms with van der Waals surface area (Å²) in [4.78, 5) is 23.3. The Labute approximate surface area is 358 Å². The number of benzene rings is 2. The van der Waals surface area contributed by atoms with Crippen LogP contribution in [0.25, 0.3) is 22.0 Å². The first-order valence-corrected chi connectivity index (χ1v) is 21.5. The van der Waals surface area contributed by atoms with E-state index in [1.807, 2.05) is 4.57 Å². The third-order valence-corrected chi connectivity index (χ3v) is 12.1. The highest BCUT2D eigenvalue weighted by molar-refractivity contribution is 7.92. The first-order chi connectivity index (χ1) is 29.6. The van der Waals surface area contributed by atoms with Crippen LogP contribution in [0.2, 0.25) is 5.02 Å². The SMILES string of the molecule is Cn1nc(NS(C)(=O)=O)c2c(Cl)ccc(-c3ccc(C#CC4(C)OCCn5ccnc54)nc3[C@H](Cc3cc(F)cc(F)c3)NC(=O)Cn3nc(C(F)(F)F)c4c3C(F)(F)[C@@H]3C[C@H]43)c21. The van der Waals surface area contributed by atoms with Crippen molar-refractivity contribution in [2.45, 2.75) is 62.5 Å². The number of anilines is 1. The molecule has 2 aliphatic carbocycles. The van der Waals surface area contributed by atoms with E-state index in [0.29, 0.717) is 35.3 Å². The van der Waals surface area contributed by atoms with Crippen LogP contribution < -0.4 is 10.0 Å². The number of pyridine rings is 1. The molecule has 0 saturated heterocycles. The molecule has 9 rings (SSSR count). The molecule has 22 heteroatoms. The van der Waals surface area contributed by atoms with Crippen molar-refractivity contribution >= 4 is 44.3 Å². The zero-order chi connectivity index (χ0) is 45.0. The lowest BCUT2D eigenvalue weighted by atomic mass is 9.93. The van der Waals surface area contributed by atoms with Gasteiger partial charge >= 0.3 is 6.18 Å². The standard InChI is InChI=1S/C41H33ClF7N9O4S/c1-39(38-50-10-11-57(38)12-13-62-39)9-8-23-4-5-24(25-6-7-28(42)32-34(25)56(2)54-37(32)55-63(3,60)61)33(51-23)29(16-20-14-21(43)17-22(44)15-20)52-30(59)19-58-36-31(35(53-58)41(47,48)49)26-18-27(26)40(36,45)46/h4-7,10-11,14-15,17,26-27,29H,12-13,16,18-19H2,1-3H3,(H,52,59)(H,54,55)/t26-,27+,29-,39?/m0/s1. The van der Waals surface area contributed by atoms with Crippen molar-refractivity contribution < 1.29 is 48.7 Å². The molecular weight excluding hydrogens is 883 g/mol. The molecule has 4 atom stereocenters. The van der Waals surface area contributed by atoms with Gasteiger partial charge in [-0.05, 0) is 67.5 Å². The van der Waals surface area contributed by atoms with E-state index in [9.17, 15) is 35.2 Å². The Balaban J connectivity index is 1.20. The summed E-state index contributed by atoms with van der Waals surface area (Å²) in [6.45, 7) is 1.47. The molecule has 63 heavy (non-hydrogen) atoms. The van der Waals surface area contributed by atoms with Gasteiger partial charge in [-0.15, -0.1) is 0 Å². The van der Waals surface area contributed by atoms with Crippen molar-refractivity contribution in [3.63, 3.8) is 0 Å². The Hall–Kier alpha value is -5.98. The van der Waals surface area contributed by atoms with Gasteiger partial charge < -0.3 is 14.6 Å². The van der Waals surface area contributed by atoms with Crippen LogP contribution in [0, 0.1) is 29.4 Å². The number of hydrogen-bond donors (Lipinski definition) is 2. The van der Waals surface area contributed by atoms with Crippen molar-refractivity contribution in [3.8, 4) is 23.0 Å². The predicted molar refractivity (Wildman–Crippen MR) is 213 cm³/mol. The van der Waals surface area contributed by atoms with Crippen LogP contribution >= 0.6 is 11.6 Å². The fraction of sp³-hybridized carbons (Fsp3) is 0.341. The number of carbonyl (C=O) groups excluding carboxylic acids is 1. The summed E-state index contributed by atoms with van der Waals surface area (Å²) < 4.78 is 140. The number of rotatable bonds is 9. The Morgan fingerprint density at radius 3 is 2.54 bits per heavy atom.